The number of benzene rings is 2. The average Bonchev–Trinajstić information content (AvgIpc) is 3.03. The topological polar surface area (TPSA) is 41.1 Å². The van der Waals surface area contributed by atoms with E-state index in [4.69, 9.17) is 4.74 Å². The van der Waals surface area contributed by atoms with Crippen molar-refractivity contribution in [3.63, 3.8) is 0 Å². The Hall–Kier alpha value is -1.98. The van der Waals surface area contributed by atoms with E-state index in [1.165, 1.54) is 10.6 Å². The lowest BCUT2D eigenvalue weighted by molar-refractivity contribution is 0.0913. The molecule has 2 heterocycles. The highest BCUT2D eigenvalue weighted by Crippen LogP contribution is 2.34. The maximum atomic E-state index is 5.81. The van der Waals surface area contributed by atoms with Crippen LogP contribution in [-0.2, 0) is 4.74 Å². The van der Waals surface area contributed by atoms with Crippen LogP contribution in [0.5, 0.6) is 0 Å². The molecular weight excluding hydrogens is 306 g/mol. The van der Waals surface area contributed by atoms with Crippen LogP contribution in [0.2, 0.25) is 0 Å². The van der Waals surface area contributed by atoms with Crippen molar-refractivity contribution in [3.8, 4) is 0 Å². The van der Waals surface area contributed by atoms with Crippen molar-refractivity contribution in [2.45, 2.75) is 23.2 Å². The molecule has 0 bridgehead atoms. The van der Waals surface area contributed by atoms with Crippen molar-refractivity contribution in [2.24, 2.45) is 0 Å². The third-order valence-corrected chi connectivity index (χ3v) is 5.30. The second-order valence-corrected chi connectivity index (χ2v) is 7.03. The van der Waals surface area contributed by atoms with Crippen molar-refractivity contribution in [2.75, 3.05) is 18.1 Å². The van der Waals surface area contributed by atoms with Gasteiger partial charge in [-0.25, -0.2) is 4.98 Å². The van der Waals surface area contributed by atoms with Crippen molar-refractivity contribution >= 4 is 28.5 Å². The Morgan fingerprint density at radius 3 is 2.91 bits per heavy atom. The van der Waals surface area contributed by atoms with Gasteiger partial charge in [-0.2, -0.15) is 0 Å². The fourth-order valence-corrected chi connectivity index (χ4v) is 4.27. The number of aromatic amines is 1. The molecule has 4 nitrogen and oxygen atoms in total. The van der Waals surface area contributed by atoms with Crippen LogP contribution in [0, 0.1) is 0 Å². The maximum absolute atomic E-state index is 5.81. The van der Waals surface area contributed by atoms with E-state index in [-0.39, 0.29) is 5.37 Å². The summed E-state index contributed by atoms with van der Waals surface area (Å²) in [5.74, 6) is 0. The van der Waals surface area contributed by atoms with Gasteiger partial charge in [-0.1, -0.05) is 30.0 Å². The van der Waals surface area contributed by atoms with Gasteiger partial charge in [-0.05, 0) is 37.3 Å². The molecule has 2 atom stereocenters. The summed E-state index contributed by atoms with van der Waals surface area (Å²) in [6.45, 7) is 3.70. The molecule has 4 rings (SSSR count). The maximum Gasteiger partial charge on any atom is 0.103 e. The number of fused-ring (bicyclic) bond motifs is 1. The summed E-state index contributed by atoms with van der Waals surface area (Å²) in [7, 11) is 0. The van der Waals surface area contributed by atoms with Gasteiger partial charge in [-0.15, -0.1) is 0 Å². The average molecular weight is 325 g/mol. The minimum Gasteiger partial charge on any atom is -0.376 e. The predicted octanol–water partition coefficient (Wildman–Crippen LogP) is 3.91. The number of morpholine rings is 1. The van der Waals surface area contributed by atoms with Gasteiger partial charge in [0.05, 0.1) is 36.6 Å². The van der Waals surface area contributed by atoms with Gasteiger partial charge in [0.15, 0.2) is 0 Å². The Morgan fingerprint density at radius 1 is 1.17 bits per heavy atom. The SMILES string of the molecule is CC1COCC(Sc2ccccc2)N1c1ccc2nc[nH]c2c1. The Bertz CT molecular complexity index is 789. The van der Waals surface area contributed by atoms with Crippen LogP contribution in [0.15, 0.2) is 59.8 Å². The number of H-pyrrole nitrogens is 1. The second-order valence-electron chi connectivity index (χ2n) is 5.78. The van der Waals surface area contributed by atoms with Crippen LogP contribution in [-0.4, -0.2) is 34.6 Å². The van der Waals surface area contributed by atoms with Crippen molar-refractivity contribution in [3.05, 3.63) is 54.9 Å². The molecule has 0 aliphatic carbocycles. The van der Waals surface area contributed by atoms with Gasteiger partial charge in [0, 0.05) is 10.6 Å². The zero-order valence-corrected chi connectivity index (χ0v) is 13.8. The van der Waals surface area contributed by atoms with E-state index in [0.717, 1.165) is 24.2 Å². The van der Waals surface area contributed by atoms with Gasteiger partial charge in [0.1, 0.15) is 5.37 Å². The highest BCUT2D eigenvalue weighted by Gasteiger charge is 2.29. The molecule has 2 unspecified atom stereocenters. The number of nitrogens with one attached hydrogen (secondary N) is 1. The summed E-state index contributed by atoms with van der Waals surface area (Å²) in [5, 5.41) is 0.265. The van der Waals surface area contributed by atoms with E-state index in [9.17, 15) is 0 Å². The van der Waals surface area contributed by atoms with E-state index < -0.39 is 0 Å². The molecule has 0 saturated carbocycles. The molecule has 5 heteroatoms. The largest absolute Gasteiger partial charge is 0.376 e. The second kappa shape index (κ2) is 6.26. The number of nitrogens with zero attached hydrogens (tertiary/aromatic N) is 2. The monoisotopic (exact) mass is 325 g/mol. The molecule has 1 aliphatic heterocycles. The Kier molecular flexibility index (Phi) is 3.97. The molecule has 0 amide bonds. The first-order valence-corrected chi connectivity index (χ1v) is 8.70. The molecule has 1 aromatic heterocycles. The zero-order valence-electron chi connectivity index (χ0n) is 13.0. The lowest BCUT2D eigenvalue weighted by Crippen LogP contribution is -2.49. The molecule has 1 aliphatic rings. The Morgan fingerprint density at radius 2 is 2.04 bits per heavy atom. The third-order valence-electron chi connectivity index (χ3n) is 4.12. The van der Waals surface area contributed by atoms with Gasteiger partial charge in [0.25, 0.3) is 0 Å². The summed E-state index contributed by atoms with van der Waals surface area (Å²) < 4.78 is 5.81. The van der Waals surface area contributed by atoms with Crippen LogP contribution in [0.4, 0.5) is 5.69 Å². The lowest BCUT2D eigenvalue weighted by atomic mass is 10.2. The summed E-state index contributed by atoms with van der Waals surface area (Å²) in [4.78, 5) is 11.2. The van der Waals surface area contributed by atoms with E-state index in [1.807, 2.05) is 17.8 Å². The van der Waals surface area contributed by atoms with Crippen LogP contribution in [0.3, 0.4) is 0 Å². The molecule has 23 heavy (non-hydrogen) atoms. The Balaban J connectivity index is 1.66. The number of ether oxygens (including phenoxy) is 1. The quantitative estimate of drug-likeness (QED) is 0.793. The van der Waals surface area contributed by atoms with E-state index in [0.29, 0.717) is 6.04 Å². The molecule has 1 fully saturated rings. The number of hydrogen-bond acceptors (Lipinski definition) is 4. The number of hydrogen-bond donors (Lipinski definition) is 1. The fourth-order valence-electron chi connectivity index (χ4n) is 3.04. The first-order valence-electron chi connectivity index (χ1n) is 7.82. The van der Waals surface area contributed by atoms with Crippen molar-refractivity contribution < 1.29 is 4.74 Å². The molecule has 1 saturated heterocycles. The molecule has 0 spiro atoms. The van der Waals surface area contributed by atoms with Gasteiger partial charge in [0.2, 0.25) is 0 Å². The van der Waals surface area contributed by atoms with E-state index >= 15 is 0 Å². The molecule has 3 aromatic rings. The van der Waals surface area contributed by atoms with Gasteiger partial charge in [-0.3, -0.25) is 0 Å². The molecule has 1 N–H and O–H groups in total. The molecular formula is C18H19N3OS. The van der Waals surface area contributed by atoms with Crippen LogP contribution in [0.1, 0.15) is 6.92 Å². The summed E-state index contributed by atoms with van der Waals surface area (Å²) in [5.41, 5.74) is 3.29. The predicted molar refractivity (Wildman–Crippen MR) is 94.9 cm³/mol. The van der Waals surface area contributed by atoms with Crippen molar-refractivity contribution in [1.82, 2.24) is 9.97 Å². The number of thioether (sulfide) groups is 1. The van der Waals surface area contributed by atoms with Gasteiger partial charge >= 0.3 is 0 Å². The first kappa shape index (κ1) is 14.6. The lowest BCUT2D eigenvalue weighted by Gasteiger charge is -2.41. The Labute approximate surface area is 139 Å². The molecule has 0 radical (unpaired) electrons. The standard InChI is InChI=1S/C18H19N3OS/c1-13-10-22-11-18(23-15-5-3-2-4-6-15)21(13)14-7-8-16-17(9-14)20-12-19-16/h2-9,12-13,18H,10-11H2,1H3,(H,19,20). The third kappa shape index (κ3) is 2.94. The number of rotatable bonds is 3. The van der Waals surface area contributed by atoms with Crippen molar-refractivity contribution in [1.29, 1.82) is 0 Å². The zero-order chi connectivity index (χ0) is 15.6. The summed E-state index contributed by atoms with van der Waals surface area (Å²) in [6, 6.07) is 17.3. The first-order chi connectivity index (χ1) is 11.3. The minimum absolute atomic E-state index is 0.265. The highest BCUT2D eigenvalue weighted by molar-refractivity contribution is 8.00. The van der Waals surface area contributed by atoms with E-state index in [1.54, 1.807) is 6.33 Å². The number of anilines is 1. The summed E-state index contributed by atoms with van der Waals surface area (Å²) >= 11 is 1.85. The van der Waals surface area contributed by atoms with Crippen LogP contribution < -0.4 is 4.90 Å². The number of imidazole rings is 1. The van der Waals surface area contributed by atoms with Gasteiger partial charge < -0.3 is 14.6 Å². The molecule has 2 aromatic carbocycles. The minimum atomic E-state index is 0.265. The summed E-state index contributed by atoms with van der Waals surface area (Å²) in [6.07, 6.45) is 1.74. The highest BCUT2D eigenvalue weighted by atomic mass is 32.2. The smallest absolute Gasteiger partial charge is 0.103 e. The fraction of sp³-hybridized carbons (Fsp3) is 0.278. The van der Waals surface area contributed by atoms with E-state index in [2.05, 4.69) is 64.3 Å². The normalized spacial score (nSPS) is 21.7. The molecule has 118 valence electrons. The number of aromatic nitrogens is 2. The van der Waals surface area contributed by atoms with Crippen LogP contribution >= 0.6 is 11.8 Å². The van der Waals surface area contributed by atoms with Crippen LogP contribution in [0.25, 0.3) is 11.0 Å².